The minimum atomic E-state index is -1.56. The quantitative estimate of drug-likeness (QED) is 0.299. The summed E-state index contributed by atoms with van der Waals surface area (Å²) < 4.78 is 44.1. The van der Waals surface area contributed by atoms with Gasteiger partial charge in [0.25, 0.3) is 11.8 Å². The first-order valence-corrected chi connectivity index (χ1v) is 9.35. The number of amidine groups is 1. The number of nitrogens with two attached hydrogens (primary N) is 1. The lowest BCUT2D eigenvalue weighted by molar-refractivity contribution is -0.132. The molecule has 2 rings (SSSR count). The normalized spacial score (nSPS) is 11.1. The lowest BCUT2D eigenvalue weighted by atomic mass is 10.1. The zero-order valence-corrected chi connectivity index (χ0v) is 19.0. The van der Waals surface area contributed by atoms with Crippen molar-refractivity contribution in [1.29, 1.82) is 5.41 Å². The molecule has 5 N–H and O–H groups in total. The molecule has 0 fully saturated rings. The molecule has 0 aliphatic rings. The van der Waals surface area contributed by atoms with Gasteiger partial charge in [0.1, 0.15) is 29.0 Å². The number of carbonyl (C=O) groups is 2. The van der Waals surface area contributed by atoms with Crippen LogP contribution in [-0.4, -0.2) is 45.5 Å². The van der Waals surface area contributed by atoms with Crippen molar-refractivity contribution in [2.75, 3.05) is 27.9 Å². The van der Waals surface area contributed by atoms with Gasteiger partial charge in [0, 0.05) is 44.0 Å². The van der Waals surface area contributed by atoms with Crippen LogP contribution in [-0.2, 0) is 20.9 Å². The van der Waals surface area contributed by atoms with Crippen molar-refractivity contribution < 1.29 is 32.6 Å². The van der Waals surface area contributed by atoms with E-state index in [1.54, 1.807) is 6.07 Å². The second kappa shape index (κ2) is 12.6. The van der Waals surface area contributed by atoms with E-state index in [0.29, 0.717) is 11.1 Å². The number of hydrogen-bond acceptors (Lipinski definition) is 6. The van der Waals surface area contributed by atoms with E-state index >= 15 is 0 Å². The second-order valence-electron chi connectivity index (χ2n) is 6.54. The molecule has 0 aliphatic heterocycles. The third-order valence-electron chi connectivity index (χ3n) is 4.49. The molecule has 0 saturated heterocycles. The highest BCUT2D eigenvalue weighted by atomic mass is 35.5. The number of hydrogen-bond donors (Lipinski definition) is 4. The van der Waals surface area contributed by atoms with Gasteiger partial charge in [-0.25, -0.2) is 8.78 Å². The number of carbonyl (C=O) groups excluding carboxylic acids is 2. The molecule has 0 bridgehead atoms. The topological polar surface area (TPSA) is 136 Å². The van der Waals surface area contributed by atoms with Crippen LogP contribution >= 0.6 is 12.4 Å². The Morgan fingerprint density at radius 1 is 1.15 bits per heavy atom. The van der Waals surface area contributed by atoms with Crippen LogP contribution in [0.5, 0.6) is 11.5 Å². The first-order chi connectivity index (χ1) is 15.2. The average molecular weight is 487 g/mol. The van der Waals surface area contributed by atoms with Crippen molar-refractivity contribution in [3.8, 4) is 11.5 Å². The van der Waals surface area contributed by atoms with E-state index < -0.39 is 35.1 Å². The van der Waals surface area contributed by atoms with Crippen molar-refractivity contribution in [3.63, 3.8) is 0 Å². The first kappa shape index (κ1) is 27.6. The number of methoxy groups -OCH3 is 2. The molecule has 2 amide bonds. The van der Waals surface area contributed by atoms with Crippen LogP contribution in [0, 0.1) is 17.0 Å². The van der Waals surface area contributed by atoms with Crippen molar-refractivity contribution in [1.82, 2.24) is 10.6 Å². The fraction of sp³-hybridized carbons (Fsp3) is 0.286. The van der Waals surface area contributed by atoms with E-state index in [0.717, 1.165) is 19.2 Å². The highest BCUT2D eigenvalue weighted by Crippen LogP contribution is 2.28. The molecule has 0 aromatic heterocycles. The average Bonchev–Trinajstić information content (AvgIpc) is 2.77. The molecule has 0 radical (unpaired) electrons. The summed E-state index contributed by atoms with van der Waals surface area (Å²) in [6, 6.07) is 6.43. The SMILES string of the molecule is CNC(=O)COc1cc(C(=N)N)ccc1CNC(=O)C(OC)c1c(F)cc(OC)cc1F.Cl. The monoisotopic (exact) mass is 486 g/mol. The predicted molar refractivity (Wildman–Crippen MR) is 119 cm³/mol. The van der Waals surface area contributed by atoms with Gasteiger partial charge in [-0.3, -0.25) is 15.0 Å². The summed E-state index contributed by atoms with van der Waals surface area (Å²) in [4.78, 5) is 24.2. The van der Waals surface area contributed by atoms with Crippen molar-refractivity contribution >= 4 is 30.1 Å². The smallest absolute Gasteiger partial charge is 0.257 e. The summed E-state index contributed by atoms with van der Waals surface area (Å²) in [7, 11) is 3.85. The van der Waals surface area contributed by atoms with Gasteiger partial charge in [-0.15, -0.1) is 12.4 Å². The van der Waals surface area contributed by atoms with E-state index in [9.17, 15) is 18.4 Å². The zero-order valence-electron chi connectivity index (χ0n) is 18.2. The Bertz CT molecular complexity index is 999. The van der Waals surface area contributed by atoms with Gasteiger partial charge in [0.15, 0.2) is 12.7 Å². The minimum absolute atomic E-state index is 0. The molecule has 0 aliphatic carbocycles. The number of ether oxygens (including phenoxy) is 3. The number of rotatable bonds is 10. The van der Waals surface area contributed by atoms with E-state index in [2.05, 4.69) is 10.6 Å². The third-order valence-corrected chi connectivity index (χ3v) is 4.49. The number of nitrogens with one attached hydrogen (secondary N) is 3. The van der Waals surface area contributed by atoms with E-state index in [1.807, 2.05) is 0 Å². The van der Waals surface area contributed by atoms with Crippen molar-refractivity contribution in [3.05, 3.63) is 58.7 Å². The Morgan fingerprint density at radius 2 is 1.79 bits per heavy atom. The Morgan fingerprint density at radius 3 is 2.30 bits per heavy atom. The third kappa shape index (κ3) is 7.02. The summed E-state index contributed by atoms with van der Waals surface area (Å²) in [6.45, 7) is -0.416. The molecular formula is C21H25ClF2N4O5. The number of benzene rings is 2. The van der Waals surface area contributed by atoms with Crippen LogP contribution in [0.4, 0.5) is 8.78 Å². The standard InChI is InChI=1S/C21H24F2N4O5.ClH/c1-26-17(28)10-32-16-6-11(20(24)25)4-5-12(16)9-27-21(29)19(31-3)18-14(22)7-13(30-2)8-15(18)23;/h4-8,19H,9-10H2,1-3H3,(H3,24,25)(H,26,28)(H,27,29);1H. The number of nitrogen functional groups attached to an aromatic ring is 1. The van der Waals surface area contributed by atoms with Crippen molar-refractivity contribution in [2.24, 2.45) is 5.73 Å². The second-order valence-corrected chi connectivity index (χ2v) is 6.54. The summed E-state index contributed by atoms with van der Waals surface area (Å²) in [5, 5.41) is 12.5. The maximum absolute atomic E-state index is 14.4. The Labute approximate surface area is 195 Å². The maximum Gasteiger partial charge on any atom is 0.257 e. The van der Waals surface area contributed by atoms with Gasteiger partial charge < -0.3 is 30.6 Å². The van der Waals surface area contributed by atoms with Crippen LogP contribution < -0.4 is 25.8 Å². The predicted octanol–water partition coefficient (Wildman–Crippen LogP) is 1.81. The molecule has 0 saturated carbocycles. The fourth-order valence-electron chi connectivity index (χ4n) is 2.78. The largest absolute Gasteiger partial charge is 0.497 e. The highest BCUT2D eigenvalue weighted by molar-refractivity contribution is 5.95. The molecule has 12 heteroatoms. The Kier molecular flexibility index (Phi) is 10.5. The zero-order chi connectivity index (χ0) is 23.8. The molecular weight excluding hydrogens is 462 g/mol. The first-order valence-electron chi connectivity index (χ1n) is 9.35. The number of likely N-dealkylation sites (N-methyl/N-ethyl adjacent to an activating group) is 1. The summed E-state index contributed by atoms with van der Waals surface area (Å²) in [5.41, 5.74) is 5.72. The van der Waals surface area contributed by atoms with E-state index in [4.69, 9.17) is 25.4 Å². The van der Waals surface area contributed by atoms with Gasteiger partial charge in [-0.05, 0) is 6.07 Å². The summed E-state index contributed by atoms with van der Waals surface area (Å²) in [6.07, 6.45) is -1.56. The maximum atomic E-state index is 14.4. The Balaban J connectivity index is 0.00000544. The van der Waals surface area contributed by atoms with Gasteiger partial charge in [-0.1, -0.05) is 12.1 Å². The van der Waals surface area contributed by atoms with Crippen LogP contribution in [0.3, 0.4) is 0 Å². The van der Waals surface area contributed by atoms with Crippen molar-refractivity contribution in [2.45, 2.75) is 12.6 Å². The molecule has 1 atom stereocenters. The fourth-order valence-corrected chi connectivity index (χ4v) is 2.78. The molecule has 180 valence electrons. The molecule has 0 spiro atoms. The molecule has 2 aromatic carbocycles. The molecule has 9 nitrogen and oxygen atoms in total. The molecule has 1 unspecified atom stereocenters. The van der Waals surface area contributed by atoms with Gasteiger partial charge >= 0.3 is 0 Å². The van der Waals surface area contributed by atoms with E-state index in [1.165, 1.54) is 26.3 Å². The molecule has 0 heterocycles. The molecule has 2 aromatic rings. The highest BCUT2D eigenvalue weighted by Gasteiger charge is 2.28. The number of amides is 2. The van der Waals surface area contributed by atoms with Crippen LogP contribution in [0.15, 0.2) is 30.3 Å². The van der Waals surface area contributed by atoms with Gasteiger partial charge in [-0.2, -0.15) is 0 Å². The summed E-state index contributed by atoms with van der Waals surface area (Å²) >= 11 is 0. The Hall–Kier alpha value is -3.44. The number of halogens is 3. The minimum Gasteiger partial charge on any atom is -0.497 e. The van der Waals surface area contributed by atoms with E-state index in [-0.39, 0.29) is 42.9 Å². The van der Waals surface area contributed by atoms with Crippen LogP contribution in [0.2, 0.25) is 0 Å². The van der Waals surface area contributed by atoms with Gasteiger partial charge in [0.2, 0.25) is 0 Å². The van der Waals surface area contributed by atoms with Crippen LogP contribution in [0.1, 0.15) is 22.8 Å². The lowest BCUT2D eigenvalue weighted by Crippen LogP contribution is -2.31. The molecule has 33 heavy (non-hydrogen) atoms. The van der Waals surface area contributed by atoms with Gasteiger partial charge in [0.05, 0.1) is 12.7 Å². The lowest BCUT2D eigenvalue weighted by Gasteiger charge is -2.19. The summed E-state index contributed by atoms with van der Waals surface area (Å²) in [5.74, 6) is -3.23. The van der Waals surface area contributed by atoms with Crippen LogP contribution in [0.25, 0.3) is 0 Å².